The van der Waals surface area contributed by atoms with E-state index in [0.717, 1.165) is 0 Å². The van der Waals surface area contributed by atoms with Gasteiger partial charge >= 0.3 is 37.1 Å². The SMILES string of the molecule is CCC1C(C(=O)O)OC(COCC2CC(NS(=O)(=O)O)C(COC)OC2COS(=O)(=O)O)C(OS(=O)(=O)O)C1O. The summed E-state index contributed by atoms with van der Waals surface area (Å²) in [6, 6.07) is -1.12. The van der Waals surface area contributed by atoms with Crippen LogP contribution in [0.1, 0.15) is 19.8 Å². The first-order valence-corrected chi connectivity index (χ1v) is 15.8. The second-order valence-corrected chi connectivity index (χ2v) is 12.4. The van der Waals surface area contributed by atoms with Gasteiger partial charge in [0.1, 0.15) is 12.2 Å². The van der Waals surface area contributed by atoms with Crippen molar-refractivity contribution in [3.05, 3.63) is 0 Å². The van der Waals surface area contributed by atoms with Crippen molar-refractivity contribution in [1.82, 2.24) is 4.72 Å². The molecule has 2 rings (SSSR count). The van der Waals surface area contributed by atoms with E-state index in [-0.39, 0.29) is 19.4 Å². The number of hydrogen-bond donors (Lipinski definition) is 6. The van der Waals surface area contributed by atoms with Crippen LogP contribution in [0, 0.1) is 11.8 Å². The van der Waals surface area contributed by atoms with Gasteiger partial charge in [-0.2, -0.15) is 30.0 Å². The van der Waals surface area contributed by atoms with Crippen molar-refractivity contribution >= 4 is 37.1 Å². The topological polar surface area (TPSA) is 288 Å². The first-order chi connectivity index (χ1) is 18.3. The van der Waals surface area contributed by atoms with Gasteiger partial charge in [-0.25, -0.2) is 13.2 Å². The van der Waals surface area contributed by atoms with Crippen LogP contribution >= 0.6 is 0 Å². The Morgan fingerprint density at radius 2 is 1.57 bits per heavy atom. The molecule has 2 fully saturated rings. The summed E-state index contributed by atoms with van der Waals surface area (Å²) < 4.78 is 128. The number of aliphatic hydroxyl groups excluding tert-OH is 1. The maximum absolute atomic E-state index is 11.7. The van der Waals surface area contributed by atoms with Crippen LogP contribution in [0.3, 0.4) is 0 Å². The molecule has 0 bridgehead atoms. The fourth-order valence-electron chi connectivity index (χ4n) is 4.63. The quantitative estimate of drug-likeness (QED) is 0.0995. The predicted molar refractivity (Wildman–Crippen MR) is 128 cm³/mol. The summed E-state index contributed by atoms with van der Waals surface area (Å²) >= 11 is 0. The zero-order valence-corrected chi connectivity index (χ0v) is 23.7. The number of hydrogen-bond acceptors (Lipinski definition) is 14. The molecule has 0 aromatic rings. The number of aliphatic hydroxyl groups is 1. The first kappa shape index (κ1) is 35.1. The Balaban J connectivity index is 2.24. The van der Waals surface area contributed by atoms with Crippen LogP contribution in [0.2, 0.25) is 0 Å². The van der Waals surface area contributed by atoms with E-state index in [1.807, 2.05) is 4.72 Å². The minimum absolute atomic E-state index is 0.0384. The van der Waals surface area contributed by atoms with Gasteiger partial charge in [-0.3, -0.25) is 13.7 Å². The van der Waals surface area contributed by atoms with Crippen LogP contribution in [0.5, 0.6) is 0 Å². The molecule has 9 atom stereocenters. The number of carbonyl (C=O) groups is 1. The Bertz CT molecular complexity index is 1160. The van der Waals surface area contributed by atoms with E-state index in [1.165, 1.54) is 14.0 Å². The number of carboxylic acids is 1. The van der Waals surface area contributed by atoms with Crippen LogP contribution in [-0.4, -0.2) is 131 Å². The number of methoxy groups -OCH3 is 1. The van der Waals surface area contributed by atoms with E-state index < -0.39 is 111 Å². The molecule has 19 nitrogen and oxygen atoms in total. The van der Waals surface area contributed by atoms with Crippen molar-refractivity contribution in [3.63, 3.8) is 0 Å². The number of ether oxygens (including phenoxy) is 4. The third-order valence-electron chi connectivity index (χ3n) is 6.31. The van der Waals surface area contributed by atoms with Crippen LogP contribution in [0.4, 0.5) is 0 Å². The lowest BCUT2D eigenvalue weighted by Gasteiger charge is -2.43. The summed E-state index contributed by atoms with van der Waals surface area (Å²) in [6.45, 7) is -0.483. The van der Waals surface area contributed by atoms with Crippen molar-refractivity contribution in [2.75, 3.05) is 33.5 Å². The smallest absolute Gasteiger partial charge is 0.397 e. The van der Waals surface area contributed by atoms with E-state index >= 15 is 0 Å². The molecule has 0 radical (unpaired) electrons. The Hall–Kier alpha value is -1.12. The van der Waals surface area contributed by atoms with Gasteiger partial charge in [-0.15, -0.1) is 0 Å². The van der Waals surface area contributed by atoms with E-state index in [4.69, 9.17) is 28.1 Å². The van der Waals surface area contributed by atoms with Gasteiger partial charge in [0.15, 0.2) is 6.10 Å². The Morgan fingerprint density at radius 1 is 0.925 bits per heavy atom. The van der Waals surface area contributed by atoms with Crippen molar-refractivity contribution < 1.29 is 81.2 Å². The van der Waals surface area contributed by atoms with Crippen molar-refractivity contribution in [2.24, 2.45) is 11.8 Å². The molecule has 236 valence electrons. The first-order valence-electron chi connectivity index (χ1n) is 11.7. The lowest BCUT2D eigenvalue weighted by molar-refractivity contribution is -0.218. The lowest BCUT2D eigenvalue weighted by Crippen LogP contribution is -2.59. The van der Waals surface area contributed by atoms with E-state index in [9.17, 15) is 44.8 Å². The molecule has 0 spiro atoms. The average molecular weight is 648 g/mol. The van der Waals surface area contributed by atoms with Crippen molar-refractivity contribution in [2.45, 2.75) is 62.4 Å². The molecule has 22 heteroatoms. The maximum atomic E-state index is 11.7. The van der Waals surface area contributed by atoms with E-state index in [1.54, 1.807) is 0 Å². The second kappa shape index (κ2) is 14.4. The van der Waals surface area contributed by atoms with Gasteiger partial charge < -0.3 is 29.2 Å². The second-order valence-electron chi connectivity index (χ2n) is 9.10. The third-order valence-corrected chi connectivity index (χ3v) is 7.81. The number of carboxylic acid groups (broad SMARTS) is 1. The van der Waals surface area contributed by atoms with Gasteiger partial charge in [-0.1, -0.05) is 6.92 Å². The molecule has 2 saturated heterocycles. The zero-order valence-electron chi connectivity index (χ0n) is 21.2. The highest BCUT2D eigenvalue weighted by Gasteiger charge is 2.50. The zero-order chi connectivity index (χ0) is 30.5. The molecule has 9 unspecified atom stereocenters. The molecule has 0 aromatic heterocycles. The standard InChI is InChI=1S/C18H33NO18S3/c1-3-10-15(20)17(37-40(29,30)31)14(36-16(10)18(21)22)7-33-5-9-4-11(19-38(23,24)25)13(6-32-2)35-12(9)8-34-39(26,27)28/h9-17,19-20H,3-8H2,1-2H3,(H,21,22)(H,23,24,25)(H,26,27,28)(H,29,30,31). The minimum atomic E-state index is -5.13. The summed E-state index contributed by atoms with van der Waals surface area (Å²) in [7, 11) is -13.5. The average Bonchev–Trinajstić information content (AvgIpc) is 2.79. The summed E-state index contributed by atoms with van der Waals surface area (Å²) in [5.41, 5.74) is 0. The van der Waals surface area contributed by atoms with Gasteiger partial charge in [0.2, 0.25) is 0 Å². The Labute approximate surface area is 230 Å². The number of aliphatic carboxylic acids is 1. The minimum Gasteiger partial charge on any atom is -0.479 e. The van der Waals surface area contributed by atoms with Crippen LogP contribution in [0.15, 0.2) is 0 Å². The molecule has 6 N–H and O–H groups in total. The van der Waals surface area contributed by atoms with Gasteiger partial charge in [0.25, 0.3) is 0 Å². The molecular formula is C18H33NO18S3. The highest BCUT2D eigenvalue weighted by molar-refractivity contribution is 7.83. The molecule has 2 aliphatic rings. The van der Waals surface area contributed by atoms with Crippen LogP contribution < -0.4 is 4.72 Å². The predicted octanol–water partition coefficient (Wildman–Crippen LogP) is -2.57. The van der Waals surface area contributed by atoms with Crippen LogP contribution in [0.25, 0.3) is 0 Å². The Kier molecular flexibility index (Phi) is 12.6. The van der Waals surface area contributed by atoms with Gasteiger partial charge in [0.05, 0.1) is 50.8 Å². The van der Waals surface area contributed by atoms with E-state index in [2.05, 4.69) is 8.37 Å². The normalized spacial score (nSPS) is 34.0. The molecule has 0 aliphatic carbocycles. The number of rotatable bonds is 15. The van der Waals surface area contributed by atoms with Crippen LogP contribution in [-0.2, 0) is 63.2 Å². The molecule has 0 saturated carbocycles. The summed E-state index contributed by atoms with van der Waals surface area (Å²) in [4.78, 5) is 11.7. The molecule has 2 aliphatic heterocycles. The summed E-state index contributed by atoms with van der Waals surface area (Å²) in [5.74, 6) is -3.49. The molecule has 2 heterocycles. The number of nitrogens with one attached hydrogen (secondary N) is 1. The monoisotopic (exact) mass is 647 g/mol. The largest absolute Gasteiger partial charge is 0.479 e. The maximum Gasteiger partial charge on any atom is 0.397 e. The molecule has 40 heavy (non-hydrogen) atoms. The fourth-order valence-corrected chi connectivity index (χ4v) is 6.09. The Morgan fingerprint density at radius 3 is 2.08 bits per heavy atom. The van der Waals surface area contributed by atoms with Gasteiger partial charge in [0, 0.05) is 18.9 Å². The summed E-state index contributed by atoms with van der Waals surface area (Å²) in [5, 5.41) is 20.1. The highest BCUT2D eigenvalue weighted by Crippen LogP contribution is 2.32. The third kappa shape index (κ3) is 10.9. The van der Waals surface area contributed by atoms with Gasteiger partial charge in [-0.05, 0) is 12.8 Å². The van der Waals surface area contributed by atoms with E-state index in [0.29, 0.717) is 0 Å². The molecule has 0 aromatic carbocycles. The molecule has 0 amide bonds. The lowest BCUT2D eigenvalue weighted by atomic mass is 9.85. The fraction of sp³-hybridized carbons (Fsp3) is 0.944. The van der Waals surface area contributed by atoms with Crippen molar-refractivity contribution in [1.29, 1.82) is 0 Å². The van der Waals surface area contributed by atoms with Crippen molar-refractivity contribution in [3.8, 4) is 0 Å². The summed E-state index contributed by atoms with van der Waals surface area (Å²) in [6.07, 6.45) is -8.99. The highest BCUT2D eigenvalue weighted by atomic mass is 32.3. The molecular weight excluding hydrogens is 614 g/mol.